The maximum absolute atomic E-state index is 14.3. The Labute approximate surface area is 207 Å². The molecule has 2 bridgehead atoms. The van der Waals surface area contributed by atoms with Crippen molar-refractivity contribution in [3.05, 3.63) is 48.0 Å². The van der Waals surface area contributed by atoms with Crippen molar-refractivity contribution in [3.63, 3.8) is 0 Å². The van der Waals surface area contributed by atoms with E-state index in [1.807, 2.05) is 23.4 Å². The number of carbonyl (C=O) groups excluding carboxylic acids is 2. The molecule has 5 heterocycles. The molecule has 0 radical (unpaired) electrons. The summed E-state index contributed by atoms with van der Waals surface area (Å²) < 4.78 is 2.10. The Balaban J connectivity index is 1.31. The fourth-order valence-corrected chi connectivity index (χ4v) is 7.03. The highest BCUT2D eigenvalue weighted by Crippen LogP contribution is 2.57. The predicted molar refractivity (Wildman–Crippen MR) is 134 cm³/mol. The average Bonchev–Trinajstić information content (AvgIpc) is 3.62. The van der Waals surface area contributed by atoms with E-state index in [1.165, 1.54) is 0 Å². The van der Waals surface area contributed by atoms with E-state index in [-0.39, 0.29) is 17.7 Å². The van der Waals surface area contributed by atoms with Crippen LogP contribution in [0.2, 0.25) is 0 Å². The first-order valence-electron chi connectivity index (χ1n) is 13.3. The minimum absolute atomic E-state index is 0.0388. The van der Waals surface area contributed by atoms with Crippen molar-refractivity contribution in [2.75, 3.05) is 37.6 Å². The fraction of sp³-hybridized carbons (Fsp3) is 0.593. The van der Waals surface area contributed by atoms with Crippen molar-refractivity contribution < 1.29 is 9.59 Å². The maximum atomic E-state index is 14.3. The number of carbonyl (C=O) groups is 2. The van der Waals surface area contributed by atoms with Gasteiger partial charge < -0.3 is 14.8 Å². The molecule has 2 amide bonds. The number of amides is 2. The van der Waals surface area contributed by atoms with Crippen molar-refractivity contribution in [2.24, 2.45) is 5.92 Å². The molecule has 2 aromatic rings. The van der Waals surface area contributed by atoms with Gasteiger partial charge in [0.05, 0.1) is 17.9 Å². The third-order valence-electron chi connectivity index (χ3n) is 8.58. The summed E-state index contributed by atoms with van der Waals surface area (Å²) in [5.41, 5.74) is 2.25. The first kappa shape index (κ1) is 22.7. The molecule has 1 N–H and O–H groups in total. The van der Waals surface area contributed by atoms with Gasteiger partial charge in [0.15, 0.2) is 0 Å². The highest BCUT2D eigenvalue weighted by molar-refractivity contribution is 6.10. The van der Waals surface area contributed by atoms with E-state index in [9.17, 15) is 9.59 Å². The fourth-order valence-electron chi connectivity index (χ4n) is 7.03. The minimum Gasteiger partial charge on any atom is -0.356 e. The summed E-state index contributed by atoms with van der Waals surface area (Å²) in [5, 5.41) is 3.23. The van der Waals surface area contributed by atoms with Crippen LogP contribution in [0.25, 0.3) is 0 Å². The van der Waals surface area contributed by atoms with Gasteiger partial charge in [-0.3, -0.25) is 19.4 Å². The lowest BCUT2D eigenvalue weighted by molar-refractivity contribution is -0.138. The van der Waals surface area contributed by atoms with E-state index < -0.39 is 5.54 Å². The first-order valence-corrected chi connectivity index (χ1v) is 13.3. The summed E-state index contributed by atoms with van der Waals surface area (Å²) >= 11 is 0. The molecule has 35 heavy (non-hydrogen) atoms. The number of nitrogens with zero attached hydrogens (tertiary/aromatic N) is 5. The second kappa shape index (κ2) is 9.06. The molecule has 1 aromatic heterocycles. The van der Waals surface area contributed by atoms with Crippen LogP contribution in [0.3, 0.4) is 0 Å². The molecule has 8 nitrogen and oxygen atoms in total. The number of nitrogens with one attached hydrogen (secondary N) is 1. The number of fused-ring (bicyclic) bond motifs is 4. The summed E-state index contributed by atoms with van der Waals surface area (Å²) in [5.74, 6) is -0.186. The van der Waals surface area contributed by atoms with Crippen LogP contribution in [-0.4, -0.2) is 69.9 Å². The van der Waals surface area contributed by atoms with Crippen LogP contribution < -0.4 is 10.2 Å². The van der Waals surface area contributed by atoms with Crippen molar-refractivity contribution in [1.82, 2.24) is 24.7 Å². The zero-order chi connectivity index (χ0) is 24.0. The van der Waals surface area contributed by atoms with Gasteiger partial charge in [0.25, 0.3) is 5.91 Å². The number of aryl methyl sites for hydroxylation is 1. The van der Waals surface area contributed by atoms with Crippen LogP contribution in [0.4, 0.5) is 5.69 Å². The SMILES string of the molecule is CCn1cnc(CN2CCCNC(=O)[C@@H]3C[C@@H]4CCCN4[C@@]34C(=O)N(CCC2)c2ccccc24)c1. The molecular formula is C27H36N6O2. The van der Waals surface area contributed by atoms with Crippen molar-refractivity contribution in [2.45, 2.75) is 63.7 Å². The van der Waals surface area contributed by atoms with Gasteiger partial charge >= 0.3 is 0 Å². The lowest BCUT2D eigenvalue weighted by Gasteiger charge is -2.37. The molecule has 1 aromatic carbocycles. The Morgan fingerprint density at radius 2 is 1.94 bits per heavy atom. The van der Waals surface area contributed by atoms with E-state index in [1.54, 1.807) is 0 Å². The Morgan fingerprint density at radius 1 is 1.09 bits per heavy atom. The molecular weight excluding hydrogens is 440 g/mol. The summed E-state index contributed by atoms with van der Waals surface area (Å²) in [6, 6.07) is 8.52. The summed E-state index contributed by atoms with van der Waals surface area (Å²) in [7, 11) is 0. The molecule has 1 spiro atoms. The number of benzene rings is 1. The molecule has 3 atom stereocenters. The van der Waals surface area contributed by atoms with Gasteiger partial charge in [0.2, 0.25) is 5.91 Å². The molecule has 8 heteroatoms. The van der Waals surface area contributed by atoms with Crippen LogP contribution >= 0.6 is 0 Å². The second-order valence-electron chi connectivity index (χ2n) is 10.5. The highest BCUT2D eigenvalue weighted by atomic mass is 16.2. The zero-order valence-corrected chi connectivity index (χ0v) is 20.7. The largest absolute Gasteiger partial charge is 0.356 e. The van der Waals surface area contributed by atoms with E-state index in [2.05, 4.69) is 49.9 Å². The lowest BCUT2D eigenvalue weighted by atomic mass is 9.78. The smallest absolute Gasteiger partial charge is 0.253 e. The van der Waals surface area contributed by atoms with Gasteiger partial charge in [-0.2, -0.15) is 0 Å². The third kappa shape index (κ3) is 3.61. The number of anilines is 1. The van der Waals surface area contributed by atoms with E-state index in [0.29, 0.717) is 19.1 Å². The molecule has 0 saturated carbocycles. The Hall–Kier alpha value is -2.71. The van der Waals surface area contributed by atoms with Gasteiger partial charge in [-0.1, -0.05) is 18.2 Å². The molecule has 3 fully saturated rings. The number of para-hydroxylation sites is 1. The molecule has 0 unspecified atom stereocenters. The average molecular weight is 477 g/mol. The van der Waals surface area contributed by atoms with E-state index >= 15 is 0 Å². The summed E-state index contributed by atoms with van der Waals surface area (Å²) in [4.78, 5) is 39.3. The number of imidazole rings is 1. The van der Waals surface area contributed by atoms with E-state index in [0.717, 1.165) is 81.8 Å². The Morgan fingerprint density at radius 3 is 2.80 bits per heavy atom. The second-order valence-corrected chi connectivity index (χ2v) is 10.5. The van der Waals surface area contributed by atoms with Crippen molar-refractivity contribution >= 4 is 17.5 Å². The molecule has 4 aliphatic heterocycles. The molecule has 4 aliphatic rings. The van der Waals surface area contributed by atoms with Gasteiger partial charge in [-0.25, -0.2) is 4.98 Å². The quantitative estimate of drug-likeness (QED) is 0.736. The number of hydrogen-bond donors (Lipinski definition) is 1. The van der Waals surface area contributed by atoms with Crippen LogP contribution in [0.5, 0.6) is 0 Å². The minimum atomic E-state index is -0.845. The zero-order valence-electron chi connectivity index (χ0n) is 20.7. The van der Waals surface area contributed by atoms with Crippen LogP contribution in [0.1, 0.15) is 50.3 Å². The highest BCUT2D eigenvalue weighted by Gasteiger charge is 2.66. The molecule has 3 saturated heterocycles. The first-order chi connectivity index (χ1) is 17.1. The monoisotopic (exact) mass is 476 g/mol. The van der Waals surface area contributed by atoms with Gasteiger partial charge in [-0.05, 0) is 51.6 Å². The van der Waals surface area contributed by atoms with Crippen molar-refractivity contribution in [3.8, 4) is 0 Å². The maximum Gasteiger partial charge on any atom is 0.253 e. The van der Waals surface area contributed by atoms with Gasteiger partial charge in [0.1, 0.15) is 5.54 Å². The van der Waals surface area contributed by atoms with E-state index in [4.69, 9.17) is 0 Å². The predicted octanol–water partition coefficient (Wildman–Crippen LogP) is 2.34. The lowest BCUT2D eigenvalue weighted by Crippen LogP contribution is -2.56. The van der Waals surface area contributed by atoms with Gasteiger partial charge in [-0.15, -0.1) is 0 Å². The summed E-state index contributed by atoms with van der Waals surface area (Å²) in [6.45, 7) is 7.80. The molecule has 186 valence electrons. The number of hydrogen-bond acceptors (Lipinski definition) is 5. The number of rotatable bonds is 3. The molecule has 6 rings (SSSR count). The molecule has 0 aliphatic carbocycles. The van der Waals surface area contributed by atoms with Crippen LogP contribution in [-0.2, 0) is 28.2 Å². The Bertz CT molecular complexity index is 1110. The standard InChI is InChI=1S/C27H36N6O2/c1-2-30-17-20(29-19-30)18-31-12-6-11-28-25(34)23-16-21-8-5-15-33(21)27(23)22-9-3-4-10-24(22)32(26(27)35)14-7-13-31/h3-4,9-10,17,19,21,23H,2,5-8,11-16,18H2,1H3,(H,28,34)/t21-,23-,27+/m0/s1. The normalized spacial score (nSPS) is 29.7. The Kier molecular flexibility index (Phi) is 5.89. The number of aromatic nitrogens is 2. The third-order valence-corrected chi connectivity index (χ3v) is 8.58. The van der Waals surface area contributed by atoms with Crippen LogP contribution in [0, 0.1) is 5.92 Å². The van der Waals surface area contributed by atoms with Crippen LogP contribution in [0.15, 0.2) is 36.8 Å². The van der Waals surface area contributed by atoms with Crippen molar-refractivity contribution in [1.29, 1.82) is 0 Å². The van der Waals surface area contributed by atoms with Gasteiger partial charge in [0, 0.05) is 62.8 Å². The summed E-state index contributed by atoms with van der Waals surface area (Å²) in [6.07, 6.45) is 8.72. The topological polar surface area (TPSA) is 73.7 Å².